The Bertz CT molecular complexity index is 559. The fraction of sp³-hybridized carbons (Fsp3) is 0.308. The van der Waals surface area contributed by atoms with Gasteiger partial charge in [0, 0.05) is 11.9 Å². The van der Waals surface area contributed by atoms with Gasteiger partial charge in [-0.3, -0.25) is 0 Å². The van der Waals surface area contributed by atoms with Crippen LogP contribution in [0.25, 0.3) is 11.0 Å². The lowest BCUT2D eigenvalue weighted by molar-refractivity contribution is 0.0696. The lowest BCUT2D eigenvalue weighted by atomic mass is 10.1. The summed E-state index contributed by atoms with van der Waals surface area (Å²) < 4.78 is 5.52. The molecule has 5 heteroatoms. The number of hydrogen-bond acceptors (Lipinski definition) is 4. The SMILES string of the molecule is CC(O)CNCc1oc2ccccc2c1C(=O)O. The topological polar surface area (TPSA) is 82.7 Å². The first-order chi connectivity index (χ1) is 8.59. The molecule has 2 rings (SSSR count). The number of nitrogens with one attached hydrogen (secondary N) is 1. The molecule has 0 spiro atoms. The summed E-state index contributed by atoms with van der Waals surface area (Å²) in [5.74, 6) is -0.627. The molecule has 1 heterocycles. The van der Waals surface area contributed by atoms with Gasteiger partial charge in [-0.05, 0) is 13.0 Å². The highest BCUT2D eigenvalue weighted by atomic mass is 16.4. The van der Waals surface area contributed by atoms with E-state index in [1.807, 2.05) is 0 Å². The van der Waals surface area contributed by atoms with E-state index in [0.717, 1.165) is 0 Å². The largest absolute Gasteiger partial charge is 0.478 e. The second-order valence-corrected chi connectivity index (χ2v) is 4.18. The zero-order chi connectivity index (χ0) is 13.1. The minimum absolute atomic E-state index is 0.184. The average Bonchev–Trinajstić information content (AvgIpc) is 2.66. The third kappa shape index (κ3) is 2.52. The van der Waals surface area contributed by atoms with Crippen molar-refractivity contribution < 1.29 is 19.4 Å². The fourth-order valence-electron chi connectivity index (χ4n) is 1.85. The van der Waals surface area contributed by atoms with Gasteiger partial charge in [0.15, 0.2) is 0 Å². The van der Waals surface area contributed by atoms with Crippen LogP contribution in [0.5, 0.6) is 0 Å². The maximum Gasteiger partial charge on any atom is 0.339 e. The van der Waals surface area contributed by atoms with Gasteiger partial charge in [-0.1, -0.05) is 18.2 Å². The van der Waals surface area contributed by atoms with Crippen LogP contribution < -0.4 is 5.32 Å². The number of furan rings is 1. The predicted octanol–water partition coefficient (Wildman–Crippen LogP) is 1.60. The molecule has 0 fully saturated rings. The zero-order valence-electron chi connectivity index (χ0n) is 10.0. The van der Waals surface area contributed by atoms with Gasteiger partial charge >= 0.3 is 5.97 Å². The Hall–Kier alpha value is -1.85. The Morgan fingerprint density at radius 3 is 2.83 bits per heavy atom. The molecule has 0 amide bonds. The number of fused-ring (bicyclic) bond motifs is 1. The van der Waals surface area contributed by atoms with Crippen molar-refractivity contribution in [2.45, 2.75) is 19.6 Å². The number of benzene rings is 1. The first-order valence-corrected chi connectivity index (χ1v) is 5.72. The molecule has 3 N–H and O–H groups in total. The van der Waals surface area contributed by atoms with Crippen LogP contribution in [-0.4, -0.2) is 28.8 Å². The standard InChI is InChI=1S/C13H15NO4/c1-8(15)6-14-7-11-12(13(16)17)9-4-2-3-5-10(9)18-11/h2-5,8,14-15H,6-7H2,1H3,(H,16,17). The number of carboxylic acid groups (broad SMARTS) is 1. The number of carboxylic acids is 1. The van der Waals surface area contributed by atoms with Gasteiger partial charge in [-0.15, -0.1) is 0 Å². The zero-order valence-corrected chi connectivity index (χ0v) is 10.0. The third-order valence-electron chi connectivity index (χ3n) is 2.61. The number of aliphatic hydroxyl groups is 1. The van der Waals surface area contributed by atoms with E-state index in [1.165, 1.54) is 0 Å². The quantitative estimate of drug-likeness (QED) is 0.749. The second kappa shape index (κ2) is 5.20. The van der Waals surface area contributed by atoms with E-state index in [-0.39, 0.29) is 12.1 Å². The average molecular weight is 249 g/mol. The van der Waals surface area contributed by atoms with Crippen molar-refractivity contribution in [3.8, 4) is 0 Å². The van der Waals surface area contributed by atoms with Crippen molar-refractivity contribution in [3.05, 3.63) is 35.6 Å². The summed E-state index contributed by atoms with van der Waals surface area (Å²) >= 11 is 0. The van der Waals surface area contributed by atoms with Crippen molar-refractivity contribution in [3.63, 3.8) is 0 Å². The van der Waals surface area contributed by atoms with Gasteiger partial charge in [-0.25, -0.2) is 4.79 Å². The van der Waals surface area contributed by atoms with Crippen LogP contribution in [0.3, 0.4) is 0 Å². The van der Waals surface area contributed by atoms with Gasteiger partial charge in [0.1, 0.15) is 16.9 Å². The van der Waals surface area contributed by atoms with Gasteiger partial charge < -0.3 is 19.9 Å². The van der Waals surface area contributed by atoms with Crippen LogP contribution in [-0.2, 0) is 6.54 Å². The molecule has 18 heavy (non-hydrogen) atoms. The van der Waals surface area contributed by atoms with E-state index in [0.29, 0.717) is 23.3 Å². The number of aliphatic hydroxyl groups excluding tert-OH is 1. The summed E-state index contributed by atoms with van der Waals surface area (Å²) in [6.07, 6.45) is -0.484. The molecule has 1 aromatic heterocycles. The normalized spacial score (nSPS) is 12.8. The molecule has 0 aliphatic carbocycles. The highest BCUT2D eigenvalue weighted by Crippen LogP contribution is 2.25. The summed E-state index contributed by atoms with van der Waals surface area (Å²) in [6.45, 7) is 2.32. The third-order valence-corrected chi connectivity index (χ3v) is 2.61. The number of carbonyl (C=O) groups is 1. The maximum atomic E-state index is 11.3. The Morgan fingerprint density at radius 1 is 1.44 bits per heavy atom. The monoisotopic (exact) mass is 249 g/mol. The second-order valence-electron chi connectivity index (χ2n) is 4.18. The molecule has 0 saturated carbocycles. The molecule has 96 valence electrons. The molecule has 0 aliphatic heterocycles. The first kappa shape index (κ1) is 12.6. The van der Waals surface area contributed by atoms with Crippen LogP contribution in [0, 0.1) is 0 Å². The Kier molecular flexibility index (Phi) is 3.64. The molecule has 0 aliphatic rings. The van der Waals surface area contributed by atoms with Crippen LogP contribution in [0.15, 0.2) is 28.7 Å². The number of hydrogen-bond donors (Lipinski definition) is 3. The molecule has 1 atom stereocenters. The van der Waals surface area contributed by atoms with Crippen LogP contribution >= 0.6 is 0 Å². The minimum Gasteiger partial charge on any atom is -0.478 e. The molecular weight excluding hydrogens is 234 g/mol. The Balaban J connectivity index is 2.31. The molecule has 1 unspecified atom stereocenters. The molecule has 0 radical (unpaired) electrons. The van der Waals surface area contributed by atoms with E-state index in [9.17, 15) is 9.90 Å². The summed E-state index contributed by atoms with van der Waals surface area (Å²) in [4.78, 5) is 11.3. The summed E-state index contributed by atoms with van der Waals surface area (Å²) in [5, 5.41) is 21.9. The highest BCUT2D eigenvalue weighted by molar-refractivity contribution is 6.03. The summed E-state index contributed by atoms with van der Waals surface area (Å²) in [5.41, 5.74) is 0.743. The van der Waals surface area contributed by atoms with Gasteiger partial charge in [0.05, 0.1) is 12.6 Å². The first-order valence-electron chi connectivity index (χ1n) is 5.72. The smallest absolute Gasteiger partial charge is 0.339 e. The van der Waals surface area contributed by atoms with Gasteiger partial charge in [0.25, 0.3) is 0 Å². The predicted molar refractivity (Wildman–Crippen MR) is 66.6 cm³/mol. The van der Waals surface area contributed by atoms with Crippen molar-refractivity contribution in [1.82, 2.24) is 5.32 Å². The van der Waals surface area contributed by atoms with Crippen molar-refractivity contribution in [1.29, 1.82) is 0 Å². The Morgan fingerprint density at radius 2 is 2.17 bits per heavy atom. The number of para-hydroxylation sites is 1. The maximum absolute atomic E-state index is 11.3. The molecule has 2 aromatic rings. The van der Waals surface area contributed by atoms with Crippen LogP contribution in [0.1, 0.15) is 23.0 Å². The van der Waals surface area contributed by atoms with E-state index >= 15 is 0 Å². The summed E-state index contributed by atoms with van der Waals surface area (Å²) in [6, 6.07) is 7.03. The lowest BCUT2D eigenvalue weighted by Gasteiger charge is -2.05. The van der Waals surface area contributed by atoms with Crippen molar-refractivity contribution in [2.75, 3.05) is 6.54 Å². The fourth-order valence-corrected chi connectivity index (χ4v) is 1.85. The summed E-state index contributed by atoms with van der Waals surface area (Å²) in [7, 11) is 0. The van der Waals surface area contributed by atoms with Crippen molar-refractivity contribution >= 4 is 16.9 Å². The Labute approximate surface area is 104 Å². The molecule has 0 saturated heterocycles. The van der Waals surface area contributed by atoms with E-state index in [1.54, 1.807) is 31.2 Å². The van der Waals surface area contributed by atoms with Gasteiger partial charge in [-0.2, -0.15) is 0 Å². The van der Waals surface area contributed by atoms with Crippen molar-refractivity contribution in [2.24, 2.45) is 0 Å². The molecule has 1 aromatic carbocycles. The highest BCUT2D eigenvalue weighted by Gasteiger charge is 2.19. The van der Waals surface area contributed by atoms with E-state index in [4.69, 9.17) is 9.52 Å². The van der Waals surface area contributed by atoms with Gasteiger partial charge in [0.2, 0.25) is 0 Å². The van der Waals surface area contributed by atoms with Crippen LogP contribution in [0.2, 0.25) is 0 Å². The van der Waals surface area contributed by atoms with Crippen LogP contribution in [0.4, 0.5) is 0 Å². The number of rotatable bonds is 5. The number of aromatic carboxylic acids is 1. The van der Waals surface area contributed by atoms with E-state index in [2.05, 4.69) is 5.32 Å². The molecule has 5 nitrogen and oxygen atoms in total. The minimum atomic E-state index is -1.01. The van der Waals surface area contributed by atoms with E-state index < -0.39 is 12.1 Å². The molecular formula is C13H15NO4. The molecule has 0 bridgehead atoms. The lowest BCUT2D eigenvalue weighted by Crippen LogP contribution is -2.24.